The number of nitrogens with one attached hydrogen (secondary N) is 1. The van der Waals surface area contributed by atoms with Gasteiger partial charge in [0.2, 0.25) is 0 Å². The topological polar surface area (TPSA) is 56.1 Å². The summed E-state index contributed by atoms with van der Waals surface area (Å²) >= 11 is 0. The molecule has 1 aromatic heterocycles. The first-order valence-electron chi connectivity index (χ1n) is 9.78. The molecule has 2 aliphatic heterocycles. The smallest absolute Gasteiger partial charge is 0.271 e. The molecule has 0 bridgehead atoms. The first-order chi connectivity index (χ1) is 12.7. The Balaban J connectivity index is 1.63. The van der Waals surface area contributed by atoms with E-state index in [1.807, 2.05) is 0 Å². The Kier molecular flexibility index (Phi) is 5.07. The highest BCUT2D eigenvalue weighted by molar-refractivity contribution is 5.94. The molecule has 1 unspecified atom stereocenters. The minimum atomic E-state index is -0.0653. The van der Waals surface area contributed by atoms with Crippen molar-refractivity contribution in [2.75, 3.05) is 13.2 Å². The molecule has 138 valence electrons. The molecular formula is C21H27N3O2. The maximum Gasteiger partial charge on any atom is 0.271 e. The lowest BCUT2D eigenvalue weighted by Gasteiger charge is -2.11. The molecule has 1 amide bonds. The summed E-state index contributed by atoms with van der Waals surface area (Å²) in [5.74, 6) is 0.855. The van der Waals surface area contributed by atoms with Crippen molar-refractivity contribution in [1.29, 1.82) is 0 Å². The van der Waals surface area contributed by atoms with Gasteiger partial charge in [0, 0.05) is 25.3 Å². The lowest BCUT2D eigenvalue weighted by atomic mass is 10.1. The van der Waals surface area contributed by atoms with Crippen LogP contribution in [-0.2, 0) is 17.7 Å². The second kappa shape index (κ2) is 7.62. The summed E-state index contributed by atoms with van der Waals surface area (Å²) in [6.07, 6.45) is 6.63. The first kappa shape index (κ1) is 17.3. The Morgan fingerprint density at radius 1 is 1.23 bits per heavy atom. The summed E-state index contributed by atoms with van der Waals surface area (Å²) in [4.78, 5) is 17.6. The zero-order chi connectivity index (χ0) is 17.9. The van der Waals surface area contributed by atoms with Gasteiger partial charge in [0.25, 0.3) is 5.91 Å². The van der Waals surface area contributed by atoms with Crippen molar-refractivity contribution < 1.29 is 9.53 Å². The van der Waals surface area contributed by atoms with Gasteiger partial charge in [-0.15, -0.1) is 0 Å². The van der Waals surface area contributed by atoms with E-state index in [1.165, 1.54) is 12.0 Å². The van der Waals surface area contributed by atoms with Gasteiger partial charge in [-0.3, -0.25) is 4.79 Å². The van der Waals surface area contributed by atoms with Crippen LogP contribution in [-0.4, -0.2) is 34.7 Å². The molecule has 2 aromatic rings. The number of aryl methyl sites for hydroxylation is 1. The molecule has 0 spiro atoms. The number of amides is 1. The Labute approximate surface area is 154 Å². The van der Waals surface area contributed by atoms with Crippen molar-refractivity contribution in [3.63, 3.8) is 0 Å². The molecule has 3 heterocycles. The van der Waals surface area contributed by atoms with Gasteiger partial charge >= 0.3 is 0 Å². The molecule has 0 aliphatic carbocycles. The Morgan fingerprint density at radius 2 is 2.08 bits per heavy atom. The Hall–Kier alpha value is -2.14. The van der Waals surface area contributed by atoms with Gasteiger partial charge in [-0.1, -0.05) is 36.2 Å². The quantitative estimate of drug-likeness (QED) is 0.915. The molecule has 1 atom stereocenters. The zero-order valence-electron chi connectivity index (χ0n) is 15.5. The first-order valence-corrected chi connectivity index (χ1v) is 9.78. The third-order valence-electron chi connectivity index (χ3n) is 5.41. The van der Waals surface area contributed by atoms with Crippen LogP contribution in [0.1, 0.15) is 53.8 Å². The minimum absolute atomic E-state index is 0.0653. The fraction of sp³-hybridized carbons (Fsp3) is 0.524. The van der Waals surface area contributed by atoms with Crippen LogP contribution in [0.15, 0.2) is 24.3 Å². The Morgan fingerprint density at radius 3 is 2.85 bits per heavy atom. The van der Waals surface area contributed by atoms with E-state index in [0.29, 0.717) is 12.2 Å². The van der Waals surface area contributed by atoms with Crippen LogP contribution in [0.4, 0.5) is 0 Å². The predicted molar refractivity (Wildman–Crippen MR) is 101 cm³/mol. The monoisotopic (exact) mass is 353 g/mol. The zero-order valence-corrected chi connectivity index (χ0v) is 15.5. The van der Waals surface area contributed by atoms with E-state index >= 15 is 0 Å². The number of hydrogen-bond donors (Lipinski definition) is 1. The second-order valence-corrected chi connectivity index (χ2v) is 7.40. The maximum absolute atomic E-state index is 12.8. The van der Waals surface area contributed by atoms with Crippen molar-refractivity contribution in [1.82, 2.24) is 14.9 Å². The summed E-state index contributed by atoms with van der Waals surface area (Å²) < 4.78 is 7.88. The van der Waals surface area contributed by atoms with Crippen LogP contribution in [0.3, 0.4) is 0 Å². The van der Waals surface area contributed by atoms with E-state index in [1.54, 1.807) is 0 Å². The number of carbonyl (C=O) groups excluding carboxylic acids is 1. The van der Waals surface area contributed by atoms with E-state index in [-0.39, 0.29) is 12.0 Å². The summed E-state index contributed by atoms with van der Waals surface area (Å²) in [6.45, 7) is 4.40. The number of aromatic nitrogens is 2. The fourth-order valence-corrected chi connectivity index (χ4v) is 3.92. The largest absolute Gasteiger partial charge is 0.376 e. The molecule has 1 saturated heterocycles. The second-order valence-electron chi connectivity index (χ2n) is 7.40. The van der Waals surface area contributed by atoms with E-state index in [4.69, 9.17) is 9.72 Å². The van der Waals surface area contributed by atoms with Gasteiger partial charge in [0.1, 0.15) is 11.5 Å². The highest BCUT2D eigenvalue weighted by Gasteiger charge is 2.25. The van der Waals surface area contributed by atoms with Crippen molar-refractivity contribution >= 4 is 5.91 Å². The fourth-order valence-electron chi connectivity index (χ4n) is 3.92. The standard InChI is InChI=1S/C21H27N3O2/c1-15-8-10-16(11-9-15)20-23-19(18-7-3-2-4-12-24(18)20)21(25)22-14-17-6-5-13-26-17/h8-11,17H,2-7,12-14H2,1H3,(H,22,25). The predicted octanol–water partition coefficient (Wildman–Crippen LogP) is 3.49. The van der Waals surface area contributed by atoms with Gasteiger partial charge in [-0.05, 0) is 39.0 Å². The van der Waals surface area contributed by atoms with Gasteiger partial charge in [0.05, 0.1) is 11.8 Å². The summed E-state index contributed by atoms with van der Waals surface area (Å²) in [5.41, 5.74) is 3.99. The van der Waals surface area contributed by atoms with E-state index < -0.39 is 0 Å². The number of hydrogen-bond acceptors (Lipinski definition) is 3. The molecule has 5 nitrogen and oxygen atoms in total. The van der Waals surface area contributed by atoms with Crippen molar-refractivity contribution in [2.45, 2.75) is 58.1 Å². The summed E-state index contributed by atoms with van der Waals surface area (Å²) in [6, 6.07) is 8.41. The number of benzene rings is 1. The van der Waals surface area contributed by atoms with E-state index in [0.717, 1.165) is 62.3 Å². The molecule has 1 fully saturated rings. The van der Waals surface area contributed by atoms with Crippen LogP contribution in [0.5, 0.6) is 0 Å². The van der Waals surface area contributed by atoms with Gasteiger partial charge < -0.3 is 14.6 Å². The Bertz CT molecular complexity index is 773. The SMILES string of the molecule is Cc1ccc(-c2nc(C(=O)NCC3CCCO3)c3n2CCCCC3)cc1. The van der Waals surface area contributed by atoms with Crippen LogP contribution in [0.25, 0.3) is 11.4 Å². The number of imidazole rings is 1. The van der Waals surface area contributed by atoms with Crippen LogP contribution >= 0.6 is 0 Å². The normalized spacial score (nSPS) is 19.8. The summed E-state index contributed by atoms with van der Waals surface area (Å²) in [7, 11) is 0. The molecule has 0 radical (unpaired) electrons. The molecule has 5 heteroatoms. The highest BCUT2D eigenvalue weighted by Crippen LogP contribution is 2.27. The summed E-state index contributed by atoms with van der Waals surface area (Å²) in [5, 5.41) is 3.05. The molecule has 2 aliphatic rings. The van der Waals surface area contributed by atoms with E-state index in [2.05, 4.69) is 41.1 Å². The van der Waals surface area contributed by atoms with Crippen LogP contribution < -0.4 is 5.32 Å². The van der Waals surface area contributed by atoms with Gasteiger partial charge in [0.15, 0.2) is 0 Å². The van der Waals surface area contributed by atoms with E-state index in [9.17, 15) is 4.79 Å². The lowest BCUT2D eigenvalue weighted by molar-refractivity contribution is 0.0853. The number of carbonyl (C=O) groups is 1. The highest BCUT2D eigenvalue weighted by atomic mass is 16.5. The van der Waals surface area contributed by atoms with Crippen molar-refractivity contribution in [2.24, 2.45) is 0 Å². The van der Waals surface area contributed by atoms with Gasteiger partial charge in [-0.25, -0.2) is 4.98 Å². The molecule has 0 saturated carbocycles. The molecule has 26 heavy (non-hydrogen) atoms. The molecule has 1 aromatic carbocycles. The van der Waals surface area contributed by atoms with Crippen molar-refractivity contribution in [3.8, 4) is 11.4 Å². The average Bonchev–Trinajstić information content (AvgIpc) is 3.23. The number of nitrogens with zero attached hydrogens (tertiary/aromatic N) is 2. The molecule has 4 rings (SSSR count). The average molecular weight is 353 g/mol. The van der Waals surface area contributed by atoms with Crippen LogP contribution in [0, 0.1) is 6.92 Å². The number of rotatable bonds is 4. The third kappa shape index (κ3) is 3.54. The third-order valence-corrected chi connectivity index (χ3v) is 5.41. The lowest BCUT2D eigenvalue weighted by Crippen LogP contribution is -2.32. The maximum atomic E-state index is 12.8. The molecule has 1 N–H and O–H groups in total. The number of fused-ring (bicyclic) bond motifs is 1. The molecular weight excluding hydrogens is 326 g/mol. The van der Waals surface area contributed by atoms with Crippen molar-refractivity contribution in [3.05, 3.63) is 41.2 Å². The van der Waals surface area contributed by atoms with Crippen LogP contribution in [0.2, 0.25) is 0 Å². The number of ether oxygens (including phenoxy) is 1. The van der Waals surface area contributed by atoms with Gasteiger partial charge in [-0.2, -0.15) is 0 Å². The minimum Gasteiger partial charge on any atom is -0.376 e.